The zero-order valence-corrected chi connectivity index (χ0v) is 23.8. The lowest BCUT2D eigenvalue weighted by Crippen LogP contribution is -2.59. The van der Waals surface area contributed by atoms with Crippen LogP contribution in [0.3, 0.4) is 0 Å². The van der Waals surface area contributed by atoms with Gasteiger partial charge in [-0.15, -0.1) is 0 Å². The molecule has 2 unspecified atom stereocenters. The maximum Gasteiger partial charge on any atom is 0.383 e. The van der Waals surface area contributed by atoms with Crippen LogP contribution >= 0.6 is 0 Å². The van der Waals surface area contributed by atoms with Gasteiger partial charge in [-0.2, -0.15) is 8.78 Å². The number of ketones is 1. The Morgan fingerprint density at radius 1 is 1.18 bits per heavy atom. The number of nitrogens with two attached hydrogens (primary N) is 1. The van der Waals surface area contributed by atoms with E-state index in [2.05, 4.69) is 5.32 Å². The number of amides is 2. The largest absolute Gasteiger partial charge is 0.497 e. The molecule has 2 fully saturated rings. The number of carbonyl (C=O) groups is 3. The number of sulfone groups is 1. The molecule has 40 heavy (non-hydrogen) atoms. The lowest BCUT2D eigenvalue weighted by Gasteiger charge is -2.35. The first-order valence-electron chi connectivity index (χ1n) is 13.2. The van der Waals surface area contributed by atoms with Crippen LogP contribution in [-0.4, -0.2) is 112 Å². The smallest absolute Gasteiger partial charge is 0.383 e. The fraction of sp³-hybridized carbons (Fsp3) is 0.654. The van der Waals surface area contributed by atoms with Gasteiger partial charge in [0.05, 0.1) is 43.4 Å². The number of ether oxygens (including phenoxy) is 2. The van der Waals surface area contributed by atoms with Gasteiger partial charge in [0.15, 0.2) is 9.84 Å². The van der Waals surface area contributed by atoms with Gasteiger partial charge >= 0.3 is 5.92 Å². The van der Waals surface area contributed by atoms with Crippen molar-refractivity contribution >= 4 is 27.4 Å². The summed E-state index contributed by atoms with van der Waals surface area (Å²) in [6, 6.07) is 3.52. The van der Waals surface area contributed by atoms with Crippen LogP contribution in [0.1, 0.15) is 25.8 Å². The van der Waals surface area contributed by atoms with Crippen LogP contribution in [0.25, 0.3) is 0 Å². The van der Waals surface area contributed by atoms with Crippen LogP contribution in [0.4, 0.5) is 8.78 Å². The van der Waals surface area contributed by atoms with E-state index in [9.17, 15) is 22.8 Å². The normalized spacial score (nSPS) is 21.8. The molecule has 3 rings (SSSR count). The molecule has 14 heteroatoms. The number of likely N-dealkylation sites (tertiary alicyclic amines) is 1. The Hall–Kier alpha value is -2.68. The molecule has 0 aliphatic carbocycles. The van der Waals surface area contributed by atoms with E-state index < -0.39 is 56.6 Å². The van der Waals surface area contributed by atoms with Crippen LogP contribution < -0.4 is 15.8 Å². The number of nitrogens with zero attached hydrogens (tertiary/aromatic N) is 2. The number of rotatable bonds is 13. The molecule has 1 aromatic carbocycles. The minimum atomic E-state index is -4.40. The lowest BCUT2D eigenvalue weighted by molar-refractivity contribution is -0.163. The van der Waals surface area contributed by atoms with Crippen LogP contribution in [-0.2, 0) is 34.7 Å². The molecule has 3 N–H and O–H groups in total. The molecule has 0 spiro atoms. The van der Waals surface area contributed by atoms with Gasteiger partial charge in [-0.1, -0.05) is 26.0 Å². The summed E-state index contributed by atoms with van der Waals surface area (Å²) in [6.07, 6.45) is -0.248. The molecule has 2 aliphatic heterocycles. The lowest BCUT2D eigenvalue weighted by atomic mass is 9.93. The Morgan fingerprint density at radius 3 is 2.35 bits per heavy atom. The molecule has 0 aromatic heterocycles. The van der Waals surface area contributed by atoms with E-state index in [1.807, 2.05) is 4.90 Å². The van der Waals surface area contributed by atoms with Crippen molar-refractivity contribution in [3.63, 3.8) is 0 Å². The zero-order valence-electron chi connectivity index (χ0n) is 23.0. The van der Waals surface area contributed by atoms with Gasteiger partial charge in [0.2, 0.25) is 11.7 Å². The number of alkyl halides is 2. The first kappa shape index (κ1) is 31.8. The van der Waals surface area contributed by atoms with Crippen molar-refractivity contribution in [2.45, 2.75) is 49.3 Å². The number of nitrogens with one attached hydrogen (secondary N) is 1. The first-order chi connectivity index (χ1) is 18.8. The third kappa shape index (κ3) is 7.53. The van der Waals surface area contributed by atoms with Gasteiger partial charge in [-0.25, -0.2) is 8.42 Å². The topological polar surface area (TPSA) is 148 Å². The highest BCUT2D eigenvalue weighted by Gasteiger charge is 2.55. The zero-order chi connectivity index (χ0) is 29.7. The Morgan fingerprint density at radius 2 is 1.80 bits per heavy atom. The van der Waals surface area contributed by atoms with Crippen molar-refractivity contribution in [1.82, 2.24) is 15.1 Å². The highest BCUT2D eigenvalue weighted by molar-refractivity contribution is 7.91. The molecule has 0 bridgehead atoms. The summed E-state index contributed by atoms with van der Waals surface area (Å²) in [5.74, 6) is -9.36. The third-order valence-corrected chi connectivity index (χ3v) is 9.43. The van der Waals surface area contributed by atoms with Crippen LogP contribution in [0.2, 0.25) is 0 Å². The van der Waals surface area contributed by atoms with E-state index in [1.165, 1.54) is 21.0 Å². The van der Waals surface area contributed by atoms with Gasteiger partial charge in [0, 0.05) is 32.7 Å². The number of carbonyl (C=O) groups excluding carboxylic acids is 3. The number of primary amides is 1. The molecule has 3 atom stereocenters. The molecular weight excluding hydrogens is 550 g/mol. The maximum absolute atomic E-state index is 15.2. The number of Topliss-reactive ketones (excluding diaryl/α,β-unsaturated/α-hetero) is 1. The Kier molecular flexibility index (Phi) is 10.6. The van der Waals surface area contributed by atoms with Crippen molar-refractivity contribution in [2.24, 2.45) is 11.7 Å². The van der Waals surface area contributed by atoms with Gasteiger partial charge in [0.1, 0.15) is 5.75 Å². The summed E-state index contributed by atoms with van der Waals surface area (Å²) in [6.45, 7) is 5.08. The quantitative estimate of drug-likeness (QED) is 0.309. The minimum absolute atomic E-state index is 0.0899. The molecule has 1 aromatic rings. The standard InChI is InChI=1S/C26H38F2N4O7S/c1-17(2)22(23(33)26(27,28)25(35)30-8-9-31-10-12-39-13-11-31)32-15-20(14-21(32)24(29)34)40(36,37)16-18-4-6-19(38-3)7-5-18/h4-7,17,20-22H,8-16H2,1-3H3,(H2,29,34)(H,30,35)/t20?,21?,22-/m0/s1. The summed E-state index contributed by atoms with van der Waals surface area (Å²) in [7, 11) is -2.39. The molecule has 2 heterocycles. The number of methoxy groups -OCH3 is 1. The summed E-state index contributed by atoms with van der Waals surface area (Å²) in [5.41, 5.74) is 6.02. The fourth-order valence-corrected chi connectivity index (χ4v) is 6.91. The third-order valence-electron chi connectivity index (χ3n) is 7.33. The van der Waals surface area contributed by atoms with Crippen molar-refractivity contribution in [3.8, 4) is 5.75 Å². The monoisotopic (exact) mass is 588 g/mol. The molecule has 0 radical (unpaired) electrons. The average Bonchev–Trinajstić information content (AvgIpc) is 3.35. The van der Waals surface area contributed by atoms with Gasteiger partial charge in [-0.3, -0.25) is 24.2 Å². The summed E-state index contributed by atoms with van der Waals surface area (Å²) in [5, 5.41) is 1.00. The van der Waals surface area contributed by atoms with Gasteiger partial charge < -0.3 is 20.5 Å². The van der Waals surface area contributed by atoms with E-state index in [0.717, 1.165) is 4.90 Å². The molecule has 224 valence electrons. The van der Waals surface area contributed by atoms with Crippen molar-refractivity contribution in [1.29, 1.82) is 0 Å². The highest BCUT2D eigenvalue weighted by Crippen LogP contribution is 2.33. The molecule has 2 amide bonds. The SMILES string of the molecule is COc1ccc(CS(=O)(=O)C2CC(C(N)=O)N([C@H](C(=O)C(F)(F)C(=O)NCCN3CCOCC3)C(C)C)C2)cc1. The number of hydrogen-bond donors (Lipinski definition) is 2. The Bertz CT molecular complexity index is 1160. The van der Waals surface area contributed by atoms with E-state index in [0.29, 0.717) is 44.2 Å². The van der Waals surface area contributed by atoms with E-state index in [4.69, 9.17) is 15.2 Å². The number of benzene rings is 1. The molecule has 2 saturated heterocycles. The second-order valence-electron chi connectivity index (χ2n) is 10.5. The average molecular weight is 589 g/mol. The summed E-state index contributed by atoms with van der Waals surface area (Å²) in [4.78, 5) is 41.0. The summed E-state index contributed by atoms with van der Waals surface area (Å²) >= 11 is 0. The van der Waals surface area contributed by atoms with Crippen molar-refractivity contribution < 1.29 is 41.1 Å². The molecule has 2 aliphatic rings. The van der Waals surface area contributed by atoms with Gasteiger partial charge in [-0.05, 0) is 30.0 Å². The first-order valence-corrected chi connectivity index (χ1v) is 14.9. The number of hydrogen-bond acceptors (Lipinski definition) is 9. The van der Waals surface area contributed by atoms with E-state index in [1.54, 1.807) is 24.3 Å². The van der Waals surface area contributed by atoms with Crippen LogP contribution in [0.5, 0.6) is 5.75 Å². The Balaban J connectivity index is 1.74. The molecule has 0 saturated carbocycles. The molecular formula is C26H38F2N4O7S. The van der Waals surface area contributed by atoms with E-state index >= 15 is 8.78 Å². The Labute approximate surface area is 233 Å². The van der Waals surface area contributed by atoms with Crippen LogP contribution in [0, 0.1) is 5.92 Å². The predicted molar refractivity (Wildman–Crippen MR) is 143 cm³/mol. The van der Waals surface area contributed by atoms with Gasteiger partial charge in [0.25, 0.3) is 5.91 Å². The summed E-state index contributed by atoms with van der Waals surface area (Å²) < 4.78 is 67.2. The van der Waals surface area contributed by atoms with Crippen molar-refractivity contribution in [2.75, 3.05) is 53.0 Å². The predicted octanol–water partition coefficient (Wildman–Crippen LogP) is 0.216. The second-order valence-corrected chi connectivity index (χ2v) is 12.7. The number of morpholine rings is 1. The van der Waals surface area contributed by atoms with Crippen LogP contribution in [0.15, 0.2) is 24.3 Å². The van der Waals surface area contributed by atoms with Crippen molar-refractivity contribution in [3.05, 3.63) is 29.8 Å². The minimum Gasteiger partial charge on any atom is -0.497 e. The molecule has 11 nitrogen and oxygen atoms in total. The highest BCUT2D eigenvalue weighted by atomic mass is 32.2. The fourth-order valence-electron chi connectivity index (χ4n) is 5.14. The second kappa shape index (κ2) is 13.3. The number of halogens is 2. The van der Waals surface area contributed by atoms with E-state index in [-0.39, 0.29) is 25.3 Å². The maximum atomic E-state index is 15.2.